The summed E-state index contributed by atoms with van der Waals surface area (Å²) >= 11 is 0. The van der Waals surface area contributed by atoms with Crippen molar-refractivity contribution in [3.05, 3.63) is 28.6 Å². The lowest BCUT2D eigenvalue weighted by molar-refractivity contribution is -0.147. The van der Waals surface area contributed by atoms with E-state index in [2.05, 4.69) is 18.4 Å². The summed E-state index contributed by atoms with van der Waals surface area (Å²) in [7, 11) is 1.53. The molecule has 0 bridgehead atoms. The maximum atomic E-state index is 12.2. The minimum atomic E-state index is -0.837. The molecule has 0 N–H and O–H groups in total. The molecule has 0 spiro atoms. The number of ether oxygens (including phenoxy) is 1. The van der Waals surface area contributed by atoms with E-state index >= 15 is 0 Å². The van der Waals surface area contributed by atoms with Crippen LogP contribution in [0.1, 0.15) is 43.6 Å². The molecule has 0 aliphatic heterocycles. The zero-order chi connectivity index (χ0) is 21.3. The zero-order valence-electron chi connectivity index (χ0n) is 17.3. The number of nitrogens with zero attached hydrogens (tertiary/aromatic N) is 4. The van der Waals surface area contributed by atoms with Crippen LogP contribution in [0.3, 0.4) is 0 Å². The molecule has 1 heterocycles. The van der Waals surface area contributed by atoms with E-state index in [4.69, 9.17) is 10.00 Å². The molecule has 1 amide bonds. The van der Waals surface area contributed by atoms with Gasteiger partial charge in [0, 0.05) is 31.5 Å². The average Bonchev–Trinajstić information content (AvgIpc) is 2.92. The summed E-state index contributed by atoms with van der Waals surface area (Å²) < 4.78 is 7.14. The number of carbonyl (C=O) groups is 2. The van der Waals surface area contributed by atoms with Crippen molar-refractivity contribution >= 4 is 18.0 Å². The van der Waals surface area contributed by atoms with Crippen molar-refractivity contribution < 1.29 is 14.3 Å². The summed E-state index contributed by atoms with van der Waals surface area (Å²) in [5.74, 6) is -0.682. The van der Waals surface area contributed by atoms with Crippen LogP contribution in [-0.2, 0) is 20.9 Å². The van der Waals surface area contributed by atoms with E-state index in [0.29, 0.717) is 5.92 Å². The Morgan fingerprint density at radius 3 is 2.57 bits per heavy atom. The maximum absolute atomic E-state index is 12.2. The van der Waals surface area contributed by atoms with Crippen LogP contribution < -0.4 is 0 Å². The highest BCUT2D eigenvalue weighted by Gasteiger charge is 2.17. The third-order valence-electron chi connectivity index (χ3n) is 4.49. The number of nitriles is 2. The summed E-state index contributed by atoms with van der Waals surface area (Å²) in [6.07, 6.45) is 2.74. The first-order chi connectivity index (χ1) is 13.2. The van der Waals surface area contributed by atoms with Gasteiger partial charge in [-0.05, 0) is 43.9 Å². The van der Waals surface area contributed by atoms with Crippen LogP contribution in [0.2, 0.25) is 0 Å². The third-order valence-corrected chi connectivity index (χ3v) is 4.49. The molecule has 7 nitrogen and oxygen atoms in total. The summed E-state index contributed by atoms with van der Waals surface area (Å²) in [6, 6.07) is 5.73. The van der Waals surface area contributed by atoms with Crippen LogP contribution in [0.25, 0.3) is 6.08 Å². The Morgan fingerprint density at radius 1 is 1.32 bits per heavy atom. The van der Waals surface area contributed by atoms with E-state index in [0.717, 1.165) is 29.9 Å². The summed E-state index contributed by atoms with van der Waals surface area (Å²) in [5, 5.41) is 17.9. The molecule has 0 radical (unpaired) electrons. The fourth-order valence-corrected chi connectivity index (χ4v) is 2.66. The number of likely N-dealkylation sites (N-methyl/N-ethyl adjacent to an activating group) is 1. The monoisotopic (exact) mass is 384 g/mol. The molecule has 0 aliphatic carbocycles. The molecule has 1 aromatic rings. The predicted octanol–water partition coefficient (Wildman–Crippen LogP) is 2.97. The third kappa shape index (κ3) is 6.59. The normalized spacial score (nSPS) is 11.1. The molecule has 0 aromatic carbocycles. The van der Waals surface area contributed by atoms with E-state index in [1.54, 1.807) is 0 Å². The van der Waals surface area contributed by atoms with Crippen molar-refractivity contribution in [1.29, 1.82) is 10.5 Å². The smallest absolute Gasteiger partial charge is 0.349 e. The fraction of sp³-hybridized carbons (Fsp3) is 0.524. The van der Waals surface area contributed by atoms with Gasteiger partial charge in [0.2, 0.25) is 0 Å². The lowest BCUT2D eigenvalue weighted by Crippen LogP contribution is -2.32. The molecule has 0 fully saturated rings. The predicted molar refractivity (Wildman–Crippen MR) is 106 cm³/mol. The second-order valence-corrected chi connectivity index (χ2v) is 7.13. The quantitative estimate of drug-likeness (QED) is 0.370. The first kappa shape index (κ1) is 23.0. The number of aromatic nitrogens is 1. The van der Waals surface area contributed by atoms with Crippen molar-refractivity contribution in [1.82, 2.24) is 9.47 Å². The number of rotatable bonds is 9. The fourth-order valence-electron chi connectivity index (χ4n) is 2.66. The number of amides is 1. The molecule has 0 aliphatic rings. The number of carbonyl (C=O) groups excluding carboxylic acids is 2. The number of aryl methyl sites for hydroxylation is 1. The van der Waals surface area contributed by atoms with Crippen molar-refractivity contribution in [3.8, 4) is 12.1 Å². The van der Waals surface area contributed by atoms with Crippen LogP contribution >= 0.6 is 0 Å². The summed E-state index contributed by atoms with van der Waals surface area (Å²) in [5.41, 5.74) is 2.67. The van der Waals surface area contributed by atoms with E-state index in [9.17, 15) is 14.9 Å². The number of hydrogen-bond donors (Lipinski definition) is 0. The molecule has 7 heteroatoms. The molecular formula is C21H28N4O3. The van der Waals surface area contributed by atoms with Crippen molar-refractivity contribution in [2.45, 2.75) is 47.1 Å². The van der Waals surface area contributed by atoms with E-state index < -0.39 is 18.5 Å². The molecule has 1 rings (SSSR count). The highest BCUT2D eigenvalue weighted by molar-refractivity contribution is 5.99. The van der Waals surface area contributed by atoms with Crippen molar-refractivity contribution in [2.75, 3.05) is 20.2 Å². The Kier molecular flexibility index (Phi) is 8.98. The average molecular weight is 384 g/mol. The number of esters is 1. The zero-order valence-corrected chi connectivity index (χ0v) is 17.3. The Labute approximate surface area is 166 Å². The molecular weight excluding hydrogens is 356 g/mol. The topological polar surface area (TPSA) is 99.1 Å². The van der Waals surface area contributed by atoms with Crippen LogP contribution in [0, 0.1) is 42.4 Å². The van der Waals surface area contributed by atoms with Crippen LogP contribution in [0.15, 0.2) is 11.6 Å². The first-order valence-corrected chi connectivity index (χ1v) is 9.27. The van der Waals surface area contributed by atoms with Crippen molar-refractivity contribution in [3.63, 3.8) is 0 Å². The van der Waals surface area contributed by atoms with Crippen LogP contribution in [0.5, 0.6) is 0 Å². The molecule has 0 atom stereocenters. The second kappa shape index (κ2) is 10.9. The minimum Gasteiger partial charge on any atom is -0.451 e. The molecule has 150 valence electrons. The maximum Gasteiger partial charge on any atom is 0.349 e. The van der Waals surface area contributed by atoms with Gasteiger partial charge >= 0.3 is 5.97 Å². The Morgan fingerprint density at radius 2 is 2.00 bits per heavy atom. The van der Waals surface area contributed by atoms with E-state index in [1.165, 1.54) is 18.0 Å². The Balaban J connectivity index is 2.85. The highest BCUT2D eigenvalue weighted by atomic mass is 16.5. The Bertz CT molecular complexity index is 822. The van der Waals surface area contributed by atoms with Gasteiger partial charge in [-0.25, -0.2) is 4.79 Å². The molecule has 28 heavy (non-hydrogen) atoms. The SMILES string of the molecule is Cc1cc(/C=C(\C#N)C(=O)OCC(=O)N(C)CCC#N)c(C)n1CCC(C)C. The van der Waals surface area contributed by atoms with Gasteiger partial charge in [0.15, 0.2) is 6.61 Å². The highest BCUT2D eigenvalue weighted by Crippen LogP contribution is 2.20. The lowest BCUT2D eigenvalue weighted by Gasteiger charge is -2.15. The first-order valence-electron chi connectivity index (χ1n) is 9.27. The number of hydrogen-bond acceptors (Lipinski definition) is 5. The van der Waals surface area contributed by atoms with Gasteiger partial charge in [0.25, 0.3) is 5.91 Å². The lowest BCUT2D eigenvalue weighted by atomic mass is 10.1. The van der Waals surface area contributed by atoms with Gasteiger partial charge in [-0.15, -0.1) is 0 Å². The van der Waals surface area contributed by atoms with E-state index in [1.807, 2.05) is 32.1 Å². The van der Waals surface area contributed by atoms with Gasteiger partial charge in [-0.2, -0.15) is 10.5 Å². The molecule has 0 unspecified atom stereocenters. The molecule has 0 saturated carbocycles. The summed E-state index contributed by atoms with van der Waals surface area (Å²) in [4.78, 5) is 25.4. The van der Waals surface area contributed by atoms with Gasteiger partial charge in [0.05, 0.1) is 12.5 Å². The largest absolute Gasteiger partial charge is 0.451 e. The van der Waals surface area contributed by atoms with Crippen molar-refractivity contribution in [2.24, 2.45) is 5.92 Å². The van der Waals surface area contributed by atoms with Crippen LogP contribution in [-0.4, -0.2) is 41.5 Å². The molecule has 0 saturated heterocycles. The second-order valence-electron chi connectivity index (χ2n) is 7.13. The summed E-state index contributed by atoms with van der Waals surface area (Å²) in [6.45, 7) is 8.94. The minimum absolute atomic E-state index is 0.156. The Hall–Kier alpha value is -3.06. The van der Waals surface area contributed by atoms with Gasteiger partial charge in [-0.3, -0.25) is 4.79 Å². The van der Waals surface area contributed by atoms with E-state index in [-0.39, 0.29) is 18.5 Å². The molecule has 1 aromatic heterocycles. The van der Waals surface area contributed by atoms with Gasteiger partial charge < -0.3 is 14.2 Å². The van der Waals surface area contributed by atoms with Crippen LogP contribution in [0.4, 0.5) is 0 Å². The standard InChI is InChI=1S/C21H28N4O3/c1-15(2)7-10-25-16(3)11-18(17(25)4)12-19(13-23)21(27)28-14-20(26)24(5)9-6-8-22/h11-12,15H,6-7,9-10,14H2,1-5H3/b19-12+. The van der Waals surface area contributed by atoms with Gasteiger partial charge in [-0.1, -0.05) is 13.8 Å². The van der Waals surface area contributed by atoms with Gasteiger partial charge in [0.1, 0.15) is 11.6 Å².